The highest BCUT2D eigenvalue weighted by Crippen LogP contribution is 2.21. The average molecular weight is 373 g/mol. The Morgan fingerprint density at radius 3 is 1.88 bits per heavy atom. The molecule has 2 heterocycles. The molecule has 4 heteroatoms. The molecule has 0 amide bonds. The van der Waals surface area contributed by atoms with E-state index in [1.165, 1.54) is 30.5 Å². The highest BCUT2D eigenvalue weighted by Gasteiger charge is 2.16. The van der Waals surface area contributed by atoms with Crippen molar-refractivity contribution >= 4 is 0 Å². The Labute approximate surface area is 164 Å². The summed E-state index contributed by atoms with van der Waals surface area (Å²) in [5.41, 5.74) is 3.28. The molecule has 4 nitrogen and oxygen atoms in total. The van der Waals surface area contributed by atoms with E-state index in [4.69, 9.17) is 4.74 Å². The summed E-state index contributed by atoms with van der Waals surface area (Å²) in [6, 6.07) is 0. The van der Waals surface area contributed by atoms with E-state index in [1.807, 2.05) is 55.4 Å². The lowest BCUT2D eigenvalue weighted by Crippen LogP contribution is -2.18. The van der Waals surface area contributed by atoms with Crippen molar-refractivity contribution in [3.8, 4) is 0 Å². The highest BCUT2D eigenvalue weighted by molar-refractivity contribution is 5.24. The maximum atomic E-state index is 9.31. The van der Waals surface area contributed by atoms with E-state index in [0.717, 1.165) is 37.8 Å². The first-order chi connectivity index (χ1) is 12.8. The molecule has 1 saturated heterocycles. The molecule has 0 aliphatic carbocycles. The Morgan fingerprint density at radius 1 is 1.00 bits per heavy atom. The van der Waals surface area contributed by atoms with Gasteiger partial charge < -0.3 is 9.84 Å². The lowest BCUT2D eigenvalue weighted by atomic mass is 9.97. The van der Waals surface area contributed by atoms with E-state index in [0.29, 0.717) is 0 Å². The lowest BCUT2D eigenvalue weighted by molar-refractivity contribution is 0.0622. The second-order valence-corrected chi connectivity index (χ2v) is 5.09. The third kappa shape index (κ3) is 11.0. The van der Waals surface area contributed by atoms with Gasteiger partial charge in [0.15, 0.2) is 0 Å². The summed E-state index contributed by atoms with van der Waals surface area (Å²) >= 11 is 0. The Balaban J connectivity index is -0.000000585. The Morgan fingerprint density at radius 2 is 1.50 bits per heavy atom. The molecule has 1 aromatic rings. The predicted molar refractivity (Wildman–Crippen MR) is 116 cm³/mol. The molecule has 0 bridgehead atoms. The van der Waals surface area contributed by atoms with Crippen LogP contribution in [0.3, 0.4) is 0 Å². The molecule has 1 aliphatic heterocycles. The maximum absolute atomic E-state index is 9.31. The van der Waals surface area contributed by atoms with Crippen molar-refractivity contribution in [1.82, 2.24) is 9.78 Å². The van der Waals surface area contributed by atoms with Crippen LogP contribution in [-0.2, 0) is 24.3 Å². The third-order valence-electron chi connectivity index (χ3n) is 4.01. The van der Waals surface area contributed by atoms with Crippen molar-refractivity contribution in [3.63, 3.8) is 0 Å². The van der Waals surface area contributed by atoms with Crippen LogP contribution in [0, 0.1) is 12.8 Å². The van der Waals surface area contributed by atoms with Crippen LogP contribution in [0.2, 0.25) is 0 Å². The first kappa shape index (κ1) is 29.9. The first-order valence-electron chi connectivity index (χ1n) is 11.0. The zero-order chi connectivity index (χ0) is 21.0. The van der Waals surface area contributed by atoms with Crippen molar-refractivity contribution in [2.75, 3.05) is 13.2 Å². The molecule has 1 N–H and O–H groups in total. The molecule has 0 radical (unpaired) electrons. The van der Waals surface area contributed by atoms with Gasteiger partial charge in [-0.15, -0.1) is 0 Å². The van der Waals surface area contributed by atoms with Crippen LogP contribution in [0.4, 0.5) is 0 Å². The second-order valence-electron chi connectivity index (χ2n) is 5.09. The summed E-state index contributed by atoms with van der Waals surface area (Å²) in [4.78, 5) is 0. The molecule has 0 atom stereocenters. The zero-order valence-electron chi connectivity index (χ0n) is 19.5. The fourth-order valence-corrected chi connectivity index (χ4v) is 2.79. The Bertz CT molecular complexity index is 384. The first-order valence-corrected chi connectivity index (χ1v) is 11.0. The van der Waals surface area contributed by atoms with Crippen LogP contribution < -0.4 is 0 Å². The molecule has 1 fully saturated rings. The van der Waals surface area contributed by atoms with Gasteiger partial charge in [-0.05, 0) is 44.1 Å². The largest absolute Gasteiger partial charge is 0.390 e. The smallest absolute Gasteiger partial charge is 0.0913 e. The monoisotopic (exact) mass is 372 g/mol. The lowest BCUT2D eigenvalue weighted by Gasteiger charge is -2.22. The van der Waals surface area contributed by atoms with Gasteiger partial charge in [0, 0.05) is 25.5 Å². The second kappa shape index (κ2) is 22.2. The molecule has 158 valence electrons. The van der Waals surface area contributed by atoms with Crippen LogP contribution in [0.25, 0.3) is 0 Å². The van der Waals surface area contributed by atoms with Crippen LogP contribution in [0.15, 0.2) is 0 Å². The van der Waals surface area contributed by atoms with Gasteiger partial charge in [-0.25, -0.2) is 0 Å². The number of aromatic nitrogens is 2. The summed E-state index contributed by atoms with van der Waals surface area (Å²) in [7, 11) is 0. The van der Waals surface area contributed by atoms with E-state index >= 15 is 0 Å². The average Bonchev–Trinajstić information content (AvgIpc) is 3.07. The number of aliphatic hydroxyl groups is 1. The minimum absolute atomic E-state index is 0.0499. The number of nitrogens with zero attached hydrogens (tertiary/aromatic N) is 2. The predicted octanol–water partition coefficient (Wildman–Crippen LogP) is 6.17. The van der Waals surface area contributed by atoms with E-state index in [9.17, 15) is 5.11 Å². The van der Waals surface area contributed by atoms with Gasteiger partial charge in [-0.3, -0.25) is 4.68 Å². The third-order valence-corrected chi connectivity index (χ3v) is 4.01. The zero-order valence-corrected chi connectivity index (χ0v) is 19.5. The standard InChI is InChI=1S/C14H24N2O2.4C2H6/c1-3-13-11(2)16(15-14(13)10-17)7-4-12-5-8-18-9-6-12;4*1-2/h12,17H,3-10H2,1-2H3;4*1-2H3. The molecule has 0 aromatic carbocycles. The van der Waals surface area contributed by atoms with Crippen molar-refractivity contribution in [1.29, 1.82) is 0 Å². The number of ether oxygens (including phenoxy) is 1. The van der Waals surface area contributed by atoms with E-state index in [2.05, 4.69) is 23.6 Å². The van der Waals surface area contributed by atoms with Gasteiger partial charge in [0.1, 0.15) is 0 Å². The van der Waals surface area contributed by atoms with Crippen LogP contribution in [0.1, 0.15) is 98.5 Å². The topological polar surface area (TPSA) is 47.3 Å². The van der Waals surface area contributed by atoms with Crippen molar-refractivity contribution in [2.24, 2.45) is 5.92 Å². The van der Waals surface area contributed by atoms with Crippen LogP contribution >= 0.6 is 0 Å². The number of hydrogen-bond donors (Lipinski definition) is 1. The van der Waals surface area contributed by atoms with Gasteiger partial charge >= 0.3 is 0 Å². The van der Waals surface area contributed by atoms with E-state index in [-0.39, 0.29) is 6.61 Å². The fourth-order valence-electron chi connectivity index (χ4n) is 2.79. The Hall–Kier alpha value is -0.870. The molecule has 26 heavy (non-hydrogen) atoms. The SMILES string of the molecule is CC.CC.CC.CC.CCc1c(CO)nn(CCC2CCOCC2)c1C. The van der Waals surface area contributed by atoms with Gasteiger partial charge in [-0.2, -0.15) is 5.10 Å². The molecule has 1 aromatic heterocycles. The summed E-state index contributed by atoms with van der Waals surface area (Å²) in [5.74, 6) is 0.769. The molecule has 1 aliphatic rings. The highest BCUT2D eigenvalue weighted by atomic mass is 16.5. The summed E-state index contributed by atoms with van der Waals surface area (Å²) in [6.45, 7) is 23.1. The number of aliphatic hydroxyl groups excluding tert-OH is 1. The normalized spacial score (nSPS) is 12.9. The van der Waals surface area contributed by atoms with Crippen LogP contribution in [0.5, 0.6) is 0 Å². The number of rotatable bonds is 5. The minimum atomic E-state index is 0.0499. The van der Waals surface area contributed by atoms with Gasteiger partial charge in [0.05, 0.1) is 12.3 Å². The molecule has 0 spiro atoms. The van der Waals surface area contributed by atoms with Crippen molar-refractivity contribution in [2.45, 2.75) is 108 Å². The van der Waals surface area contributed by atoms with E-state index < -0.39 is 0 Å². The molecular formula is C22H48N2O2. The summed E-state index contributed by atoms with van der Waals surface area (Å²) in [5, 5.41) is 13.8. The van der Waals surface area contributed by atoms with Crippen LogP contribution in [-0.4, -0.2) is 28.1 Å². The van der Waals surface area contributed by atoms with Gasteiger partial charge in [-0.1, -0.05) is 62.3 Å². The fraction of sp³-hybridized carbons (Fsp3) is 0.864. The number of aryl methyl sites for hydroxylation is 1. The number of hydrogen-bond acceptors (Lipinski definition) is 3. The summed E-state index contributed by atoms with van der Waals surface area (Å²) in [6.07, 6.45) is 4.46. The van der Waals surface area contributed by atoms with Gasteiger partial charge in [0.2, 0.25) is 0 Å². The quantitative estimate of drug-likeness (QED) is 0.672. The molecular weight excluding hydrogens is 324 g/mol. The molecule has 0 saturated carbocycles. The van der Waals surface area contributed by atoms with Crippen molar-refractivity contribution < 1.29 is 9.84 Å². The molecule has 2 rings (SSSR count). The Kier molecular flexibility index (Phi) is 25.5. The maximum Gasteiger partial charge on any atom is 0.0913 e. The summed E-state index contributed by atoms with van der Waals surface area (Å²) < 4.78 is 7.45. The molecule has 0 unspecified atom stereocenters. The minimum Gasteiger partial charge on any atom is -0.390 e. The van der Waals surface area contributed by atoms with Gasteiger partial charge in [0.25, 0.3) is 0 Å². The van der Waals surface area contributed by atoms with E-state index in [1.54, 1.807) is 0 Å². The van der Waals surface area contributed by atoms with Crippen molar-refractivity contribution in [3.05, 3.63) is 17.0 Å².